The molecule has 0 saturated heterocycles. The fourth-order valence-corrected chi connectivity index (χ4v) is 2.33. The summed E-state index contributed by atoms with van der Waals surface area (Å²) < 4.78 is 1.85. The molecule has 0 bridgehead atoms. The van der Waals surface area contributed by atoms with Crippen LogP contribution in [0.2, 0.25) is 0 Å². The van der Waals surface area contributed by atoms with Crippen molar-refractivity contribution in [3.63, 3.8) is 0 Å². The molecular weight excluding hydrogens is 250 g/mol. The van der Waals surface area contributed by atoms with Gasteiger partial charge >= 0.3 is 0 Å². The molecule has 20 heavy (non-hydrogen) atoms. The van der Waals surface area contributed by atoms with Gasteiger partial charge in [0, 0.05) is 6.04 Å². The summed E-state index contributed by atoms with van der Waals surface area (Å²) in [6.45, 7) is 11.3. The molecule has 108 valence electrons. The number of tetrazole rings is 1. The van der Waals surface area contributed by atoms with Crippen LogP contribution in [0.4, 0.5) is 0 Å². The summed E-state index contributed by atoms with van der Waals surface area (Å²) in [5.41, 5.74) is 3.99. The van der Waals surface area contributed by atoms with Gasteiger partial charge in [-0.1, -0.05) is 18.2 Å². The largest absolute Gasteiger partial charge is 0.303 e. The second-order valence-electron chi connectivity index (χ2n) is 5.53. The first-order chi connectivity index (χ1) is 9.50. The van der Waals surface area contributed by atoms with Crippen molar-refractivity contribution in [2.24, 2.45) is 0 Å². The van der Waals surface area contributed by atoms with Crippen molar-refractivity contribution in [1.82, 2.24) is 25.5 Å². The van der Waals surface area contributed by atoms with Crippen molar-refractivity contribution in [3.8, 4) is 0 Å². The zero-order valence-corrected chi connectivity index (χ0v) is 12.9. The molecule has 0 fully saturated rings. The summed E-state index contributed by atoms with van der Waals surface area (Å²) >= 11 is 0. The second-order valence-corrected chi connectivity index (χ2v) is 5.53. The van der Waals surface area contributed by atoms with Crippen LogP contribution in [0.15, 0.2) is 18.2 Å². The number of nitrogens with zero attached hydrogens (tertiary/aromatic N) is 4. The zero-order valence-electron chi connectivity index (χ0n) is 12.9. The van der Waals surface area contributed by atoms with Gasteiger partial charge in [0.1, 0.15) is 0 Å². The first-order valence-corrected chi connectivity index (χ1v) is 7.07. The third-order valence-corrected chi connectivity index (χ3v) is 3.73. The normalized spacial score (nSPS) is 12.9. The molecule has 1 N–H and O–H groups in total. The fourth-order valence-electron chi connectivity index (χ4n) is 2.33. The van der Waals surface area contributed by atoms with E-state index in [1.165, 1.54) is 16.7 Å². The molecule has 0 aliphatic carbocycles. The maximum Gasteiger partial charge on any atom is 0.165 e. The molecule has 2 rings (SSSR count). The molecule has 0 aliphatic heterocycles. The maximum atomic E-state index is 4.08. The average Bonchev–Trinajstić information content (AvgIpc) is 2.87. The molecule has 5 heteroatoms. The molecule has 1 unspecified atom stereocenters. The Balaban J connectivity index is 2.07. The predicted octanol–water partition coefficient (Wildman–Crippen LogP) is 2.72. The predicted molar refractivity (Wildman–Crippen MR) is 79.4 cm³/mol. The second kappa shape index (κ2) is 6.13. The summed E-state index contributed by atoms with van der Waals surface area (Å²) in [7, 11) is 0. The Morgan fingerprint density at radius 1 is 1.20 bits per heavy atom. The van der Waals surface area contributed by atoms with Crippen molar-refractivity contribution >= 4 is 0 Å². The first-order valence-electron chi connectivity index (χ1n) is 7.07. The van der Waals surface area contributed by atoms with Crippen molar-refractivity contribution < 1.29 is 0 Å². The van der Waals surface area contributed by atoms with Gasteiger partial charge in [0.25, 0.3) is 0 Å². The van der Waals surface area contributed by atoms with Gasteiger partial charge in [-0.15, -0.1) is 5.10 Å². The van der Waals surface area contributed by atoms with E-state index in [2.05, 4.69) is 73.7 Å². The summed E-state index contributed by atoms with van der Waals surface area (Å²) in [6, 6.07) is 6.97. The number of nitrogens with one attached hydrogen (secondary N) is 1. The van der Waals surface area contributed by atoms with E-state index < -0.39 is 0 Å². The molecule has 0 spiro atoms. The Labute approximate surface area is 120 Å². The third-order valence-electron chi connectivity index (χ3n) is 3.73. The van der Waals surface area contributed by atoms with Crippen LogP contribution in [0.25, 0.3) is 0 Å². The van der Waals surface area contributed by atoms with Gasteiger partial charge in [-0.3, -0.25) is 0 Å². The van der Waals surface area contributed by atoms with Crippen LogP contribution in [-0.4, -0.2) is 20.2 Å². The monoisotopic (exact) mass is 273 g/mol. The van der Waals surface area contributed by atoms with Crippen LogP contribution in [0.1, 0.15) is 55.4 Å². The molecule has 0 amide bonds. The first kappa shape index (κ1) is 14.7. The van der Waals surface area contributed by atoms with Crippen LogP contribution in [0, 0.1) is 13.8 Å². The Kier molecular flexibility index (Phi) is 4.49. The minimum absolute atomic E-state index is 0.271. The van der Waals surface area contributed by atoms with E-state index in [0.717, 1.165) is 5.82 Å². The van der Waals surface area contributed by atoms with Crippen LogP contribution < -0.4 is 5.32 Å². The lowest BCUT2D eigenvalue weighted by Gasteiger charge is -2.18. The lowest BCUT2D eigenvalue weighted by molar-refractivity contribution is 0.467. The number of aryl methyl sites for hydroxylation is 1. The van der Waals surface area contributed by atoms with E-state index in [0.29, 0.717) is 6.54 Å². The minimum atomic E-state index is 0.271. The topological polar surface area (TPSA) is 55.6 Å². The molecule has 0 aliphatic rings. The average molecular weight is 273 g/mol. The Bertz CT molecular complexity index is 573. The van der Waals surface area contributed by atoms with Gasteiger partial charge in [0.2, 0.25) is 0 Å². The summed E-state index contributed by atoms with van der Waals surface area (Å²) in [5.74, 6) is 0.872. The quantitative estimate of drug-likeness (QED) is 0.910. The molecule has 1 aromatic heterocycles. The van der Waals surface area contributed by atoms with E-state index in [9.17, 15) is 0 Å². The zero-order chi connectivity index (χ0) is 14.7. The molecule has 1 heterocycles. The van der Waals surface area contributed by atoms with Crippen LogP contribution >= 0.6 is 0 Å². The molecule has 2 aromatic rings. The van der Waals surface area contributed by atoms with Crippen molar-refractivity contribution in [1.29, 1.82) is 0 Å². The number of hydrogen-bond donors (Lipinski definition) is 1. The molecule has 5 nitrogen and oxygen atoms in total. The highest BCUT2D eigenvalue weighted by Gasteiger charge is 2.13. The highest BCUT2D eigenvalue weighted by atomic mass is 15.5. The molecule has 1 aromatic carbocycles. The van der Waals surface area contributed by atoms with E-state index in [4.69, 9.17) is 0 Å². The molecule has 1 atom stereocenters. The van der Waals surface area contributed by atoms with E-state index in [-0.39, 0.29) is 12.1 Å². The summed E-state index contributed by atoms with van der Waals surface area (Å²) in [6.07, 6.45) is 0. The van der Waals surface area contributed by atoms with Gasteiger partial charge in [-0.25, -0.2) is 4.68 Å². The molecule has 0 saturated carbocycles. The third kappa shape index (κ3) is 3.04. The molecule has 0 radical (unpaired) electrons. The van der Waals surface area contributed by atoms with Gasteiger partial charge in [-0.2, -0.15) is 0 Å². The van der Waals surface area contributed by atoms with E-state index in [1.807, 2.05) is 4.68 Å². The maximum absolute atomic E-state index is 4.08. The molecular formula is C15H23N5. The lowest BCUT2D eigenvalue weighted by Crippen LogP contribution is -2.22. The fraction of sp³-hybridized carbons (Fsp3) is 0.533. The Morgan fingerprint density at radius 3 is 2.65 bits per heavy atom. The number of rotatable bonds is 5. The highest BCUT2D eigenvalue weighted by molar-refractivity contribution is 5.35. The van der Waals surface area contributed by atoms with Crippen LogP contribution in [0.3, 0.4) is 0 Å². The number of aromatic nitrogens is 4. The van der Waals surface area contributed by atoms with Gasteiger partial charge in [0.05, 0.1) is 12.6 Å². The summed E-state index contributed by atoms with van der Waals surface area (Å²) in [5, 5.41) is 15.3. The summed E-state index contributed by atoms with van der Waals surface area (Å²) in [4.78, 5) is 0. The van der Waals surface area contributed by atoms with E-state index >= 15 is 0 Å². The van der Waals surface area contributed by atoms with E-state index in [1.54, 1.807) is 0 Å². The SMILES string of the molecule is Cc1cccc(C(C)NCc2nnnn2C(C)C)c1C. The number of hydrogen-bond acceptors (Lipinski definition) is 4. The van der Waals surface area contributed by atoms with Crippen molar-refractivity contribution in [2.45, 2.75) is 53.2 Å². The lowest BCUT2D eigenvalue weighted by atomic mass is 9.98. The Morgan fingerprint density at radius 2 is 1.95 bits per heavy atom. The van der Waals surface area contributed by atoms with Crippen molar-refractivity contribution in [3.05, 3.63) is 40.7 Å². The van der Waals surface area contributed by atoms with Gasteiger partial charge in [0.15, 0.2) is 5.82 Å². The minimum Gasteiger partial charge on any atom is -0.303 e. The highest BCUT2D eigenvalue weighted by Crippen LogP contribution is 2.20. The Hall–Kier alpha value is -1.75. The van der Waals surface area contributed by atoms with Gasteiger partial charge < -0.3 is 5.32 Å². The van der Waals surface area contributed by atoms with Crippen LogP contribution in [-0.2, 0) is 6.54 Å². The van der Waals surface area contributed by atoms with Crippen molar-refractivity contribution in [2.75, 3.05) is 0 Å². The smallest absolute Gasteiger partial charge is 0.165 e. The number of benzene rings is 1. The van der Waals surface area contributed by atoms with Gasteiger partial charge in [-0.05, 0) is 61.7 Å². The van der Waals surface area contributed by atoms with Crippen LogP contribution in [0.5, 0.6) is 0 Å². The standard InChI is InChI=1S/C15H23N5/c1-10(2)20-15(17-18-19-20)9-16-13(5)14-8-6-7-11(3)12(14)4/h6-8,10,13,16H,9H2,1-5H3.